The van der Waals surface area contributed by atoms with Crippen LogP contribution < -0.4 is 78.6 Å². The summed E-state index contributed by atoms with van der Waals surface area (Å²) < 4.78 is 147. The van der Waals surface area contributed by atoms with Crippen molar-refractivity contribution in [3.63, 3.8) is 0 Å². The maximum absolute atomic E-state index is 12.7. The molecule has 0 radical (unpaired) electrons. The van der Waals surface area contributed by atoms with Crippen LogP contribution in [0.25, 0.3) is 0 Å². The number of alkyl carbamates (subject to hydrolysis) is 2. The molecule has 8 aromatic rings. The van der Waals surface area contributed by atoms with E-state index >= 15 is 0 Å². The number of nitrogens with zero attached hydrogens (tertiary/aromatic N) is 3. The quantitative estimate of drug-likeness (QED) is 0.0218. The van der Waals surface area contributed by atoms with E-state index in [9.17, 15) is 104 Å². The number of aliphatic carboxylic acids is 1. The van der Waals surface area contributed by atoms with E-state index in [0.29, 0.717) is 52.7 Å². The van der Waals surface area contributed by atoms with Crippen molar-refractivity contribution in [2.24, 2.45) is 11.5 Å². The maximum atomic E-state index is 12.7. The van der Waals surface area contributed by atoms with Crippen molar-refractivity contribution in [2.75, 3.05) is 97.1 Å². The van der Waals surface area contributed by atoms with Crippen LogP contribution >= 0.6 is 12.4 Å². The summed E-state index contributed by atoms with van der Waals surface area (Å²) in [7, 11) is -12.6. The number of alkyl halides is 3. The van der Waals surface area contributed by atoms with Gasteiger partial charge in [0.2, 0.25) is 0 Å². The number of carboxylic acids is 3. The number of sulfone groups is 4. The third kappa shape index (κ3) is 66.4. The number of halogens is 4. The summed E-state index contributed by atoms with van der Waals surface area (Å²) in [6.07, 6.45) is -0.619. The van der Waals surface area contributed by atoms with Gasteiger partial charge in [0.1, 0.15) is 68.0 Å². The number of aryl methyl sites for hydroxylation is 3. The SMILES string of the molecule is CC(=O)c1cccc(C(=O)NCCS(C)(=O)=O)c1.CC(=O)c1cccc(C(=O)O)c1.CCCN.CS(=O)(=O)CCNC(=O)c1cccc(C(=O)O)c1.Cc1cc(CN)cc(NC(=O)c2cccc(C(=O)NCCS(C)(=O)=O)c2)n1.Cc1cc(CNC(=O)OC(C)(C)C)cc(N)n1.Cc1cc(CNC(=O)OC(C)(C)C)cc(NC(=O)c2cccc(C(=O)NCCS(C)(=O)=O)c2)n1.Cl.O.O=C(O)C(F)(F)F.O=S=O.[Li+].[OH-]. The molecule has 0 spiro atoms. The van der Waals surface area contributed by atoms with Crippen LogP contribution in [0.4, 0.5) is 40.2 Å². The Morgan fingerprint density at radius 1 is 0.403 bits per heavy atom. The maximum Gasteiger partial charge on any atom is 1.00 e. The minimum absolute atomic E-state index is 0. The third-order valence-corrected chi connectivity index (χ3v) is 20.0. The monoisotopic (exact) mass is 2140 g/mol. The Labute approximate surface area is 853 Å². The van der Waals surface area contributed by atoms with Crippen LogP contribution in [-0.2, 0) is 84.8 Å². The Morgan fingerprint density at radius 3 is 0.875 bits per heavy atom. The first-order valence-electron chi connectivity index (χ1n) is 41.3. The van der Waals surface area contributed by atoms with Crippen molar-refractivity contribution in [1.29, 1.82) is 0 Å². The van der Waals surface area contributed by atoms with Gasteiger partial charge in [0, 0.05) is 132 Å². The Kier molecular flexibility index (Phi) is 65.6. The molecule has 0 saturated heterocycles. The molecule has 3 heterocycles. The Bertz CT molecular complexity index is 6020. The van der Waals surface area contributed by atoms with Gasteiger partial charge in [0.25, 0.3) is 35.4 Å². The molecule has 0 saturated carbocycles. The van der Waals surface area contributed by atoms with Crippen molar-refractivity contribution in [2.45, 2.75) is 127 Å². The minimum atomic E-state index is -5.08. The number of nitrogen functional groups attached to an aromatic ring is 1. The number of rotatable bonds is 30. The van der Waals surface area contributed by atoms with Gasteiger partial charge < -0.3 is 95.5 Å². The number of carbonyl (C=O) groups is 13. The van der Waals surface area contributed by atoms with Gasteiger partial charge in [-0.3, -0.25) is 38.4 Å². The predicted octanol–water partition coefficient (Wildman–Crippen LogP) is 4.47. The number of pyridine rings is 3. The normalized spacial score (nSPS) is 10.5. The standard InChI is InChI=1S/C23H30N4O6S.C18H22N4O4S.C12H19N3O2.C12H15NO4S.C11H13NO5S.C9H8O3.C3H9N.C2HF3O2.ClH.Li.O2S.2H2O/c1-15-11-16(14-25-22(30)33-23(2,3)4)12-19(26-15)27-21(29)18-8-6-7-17(13-18)20(28)24-9-10-34(5,31)32;1-12-8-13(11-19)9-16(21-12)22-18(24)15-5-3-4-14(10-15)17(23)20-6-7-27(2,25)26;1-8-5-9(6-10(13)15-8)7-14-11(16)17-12(2,3)4;1-9(14)10-4-3-5-11(8-10)12(15)13-6-7-18(2,16)17;1-18(16,17)6-5-12-10(13)8-3-2-4-9(7-8)11(14)15;1-6(10)7-3-2-4-8(5-7)9(11)12;1-2-3-4;3-2(4,5)1(6)7;;;1-3-2;;/h6-8,11-13H,9-10,14H2,1-5H3,(H,24,28)(H,25,30)(H,26,27,29);3-5,8-10H,6-7,11,19H2,1-2H3,(H,20,23)(H,21,22,24);5-6H,7H2,1-4H3,(H2,13,15)(H,14,16);3-5,8H,6-7H2,1-2H3,(H,13,15);2-4,7H,5-6H2,1H3,(H,12,13)(H,14,15);2-5H,1H3,(H,11,12);2-4H2,1H3;(H,6,7);1H;;;2*1H2/q;;;;;;;;;+1;;;/p-1. The number of carbonyl (C=O) groups excluding carboxylic acids is 10. The summed E-state index contributed by atoms with van der Waals surface area (Å²) in [5, 5.41) is 45.1. The molecule has 8 rings (SSSR count). The molecule has 0 fully saturated rings. The van der Waals surface area contributed by atoms with Gasteiger partial charge in [-0.2, -0.15) is 21.6 Å². The van der Waals surface area contributed by atoms with Gasteiger partial charge in [-0.25, -0.2) is 72.6 Å². The van der Waals surface area contributed by atoms with Gasteiger partial charge in [-0.05, 0) is 221 Å². The van der Waals surface area contributed by atoms with Crippen LogP contribution in [0.2, 0.25) is 0 Å². The molecule has 0 aliphatic carbocycles. The molecule has 20 N–H and O–H groups in total. The second-order valence-electron chi connectivity index (χ2n) is 31.7. The Morgan fingerprint density at radius 2 is 0.632 bits per heavy atom. The van der Waals surface area contributed by atoms with Crippen LogP contribution in [-0.4, -0.2) is 259 Å². The van der Waals surface area contributed by atoms with E-state index in [1.54, 1.807) is 120 Å². The largest absolute Gasteiger partial charge is 1.00 e. The van der Waals surface area contributed by atoms with Gasteiger partial charge in [0.15, 0.2) is 11.6 Å². The fraction of sp³-hybridized carbons (Fsp3) is 0.356. The smallest absolute Gasteiger partial charge is 0.870 e. The van der Waals surface area contributed by atoms with Crippen molar-refractivity contribution in [3.8, 4) is 0 Å². The second-order valence-corrected chi connectivity index (χ2v) is 40.9. The zero-order valence-corrected chi connectivity index (χ0v) is 86.8. The summed E-state index contributed by atoms with van der Waals surface area (Å²) in [6, 6.07) is 40.5. The van der Waals surface area contributed by atoms with E-state index in [2.05, 4.69) is 64.4 Å². The van der Waals surface area contributed by atoms with Crippen molar-refractivity contribution in [1.82, 2.24) is 46.9 Å². The third-order valence-electron chi connectivity index (χ3n) is 16.2. The summed E-state index contributed by atoms with van der Waals surface area (Å²) in [6.45, 7) is 22.8. The summed E-state index contributed by atoms with van der Waals surface area (Å²) in [4.78, 5) is 161. The Hall–Kier alpha value is -13.4. The van der Waals surface area contributed by atoms with E-state index in [1.165, 1.54) is 74.5 Å². The average Bonchev–Trinajstić information content (AvgIpc) is 0.839. The molecular formula is C90H121ClF3LiN14O30S5. The van der Waals surface area contributed by atoms with Crippen LogP contribution in [0, 0.1) is 20.8 Å². The molecule has 54 heteroatoms. The summed E-state index contributed by atoms with van der Waals surface area (Å²) in [5.74, 6) is -7.34. The summed E-state index contributed by atoms with van der Waals surface area (Å²) in [5.41, 5.74) is 22.4. The number of anilines is 3. The molecule has 0 atom stereocenters. The van der Waals surface area contributed by atoms with Crippen LogP contribution in [0.15, 0.2) is 158 Å². The van der Waals surface area contributed by atoms with Crippen LogP contribution in [0.1, 0.15) is 206 Å². The summed E-state index contributed by atoms with van der Waals surface area (Å²) >= 11 is -0.750. The minimum Gasteiger partial charge on any atom is -0.870 e. The van der Waals surface area contributed by atoms with Gasteiger partial charge in [0.05, 0.1) is 34.1 Å². The predicted molar refractivity (Wildman–Crippen MR) is 530 cm³/mol. The van der Waals surface area contributed by atoms with Crippen LogP contribution in [0.3, 0.4) is 0 Å². The van der Waals surface area contributed by atoms with E-state index in [4.69, 9.17) is 55.2 Å². The number of benzene rings is 5. The number of hydrogen-bond acceptors (Lipinski definition) is 32. The van der Waals surface area contributed by atoms with E-state index in [-0.39, 0.29) is 160 Å². The number of nitrogens with one attached hydrogen (secondary N) is 8. The topological polar surface area (TPSA) is 746 Å². The van der Waals surface area contributed by atoms with Gasteiger partial charge in [-0.1, -0.05) is 49.4 Å². The van der Waals surface area contributed by atoms with Crippen molar-refractivity contribution < 1.29 is 172 Å². The molecule has 0 unspecified atom stereocenters. The number of carboxylic acid groups (broad SMARTS) is 3. The van der Waals surface area contributed by atoms with Crippen LogP contribution in [0.5, 0.6) is 0 Å². The molecule has 0 bridgehead atoms. The van der Waals surface area contributed by atoms with Gasteiger partial charge in [-0.15, -0.1) is 12.4 Å². The Balaban J connectivity index is -0.000000532. The number of ketones is 2. The van der Waals surface area contributed by atoms with Crippen molar-refractivity contribution >= 4 is 158 Å². The number of nitrogens with two attached hydrogens (primary N) is 3. The molecular weight excluding hydrogens is 2020 g/mol. The van der Waals surface area contributed by atoms with E-state index in [0.717, 1.165) is 60.5 Å². The first kappa shape index (κ1) is 139. The molecule has 0 aliphatic rings. The van der Waals surface area contributed by atoms with E-state index in [1.807, 2.05) is 39.8 Å². The number of ether oxygens (including phenoxy) is 2. The number of amides is 8. The molecule has 3 aromatic heterocycles. The van der Waals surface area contributed by atoms with E-state index < -0.39 is 128 Å². The first-order valence-corrected chi connectivity index (χ1v) is 50.2. The zero-order chi connectivity index (χ0) is 107. The fourth-order valence-corrected chi connectivity index (χ4v) is 11.9. The molecule has 8 amide bonds. The number of aromatic nitrogens is 3. The molecule has 44 nitrogen and oxygen atoms in total. The number of Topliss-reactive ketones (excluding diaryl/α,β-unsaturated/α-hetero) is 2. The molecule has 5 aromatic carbocycles. The molecule has 0 aliphatic heterocycles. The number of aromatic carboxylic acids is 2. The molecule has 144 heavy (non-hydrogen) atoms. The second kappa shape index (κ2) is 67.9. The fourth-order valence-electron chi connectivity index (χ4n) is 10.0. The molecule has 790 valence electrons. The zero-order valence-electron chi connectivity index (χ0n) is 81.9. The first-order chi connectivity index (χ1) is 64.6. The number of hydrogen-bond donors (Lipinski definition) is 14. The van der Waals surface area contributed by atoms with Crippen molar-refractivity contribution in [3.05, 3.63) is 247 Å². The van der Waals surface area contributed by atoms with Gasteiger partial charge >= 0.3 is 66.7 Å². The average molecular weight is 2140 g/mol.